The zero-order chi connectivity index (χ0) is 14.4. The molecule has 1 aromatic carbocycles. The van der Waals surface area contributed by atoms with Gasteiger partial charge in [0.2, 0.25) is 5.91 Å². The lowest BCUT2D eigenvalue weighted by atomic mass is 10.0. The molecule has 0 saturated heterocycles. The van der Waals surface area contributed by atoms with E-state index in [4.69, 9.17) is 0 Å². The number of carbonyl (C=O) groups is 1. The van der Waals surface area contributed by atoms with Crippen LogP contribution < -0.4 is 5.32 Å². The molecule has 1 atom stereocenters. The fourth-order valence-corrected chi connectivity index (χ4v) is 2.87. The fourth-order valence-electron chi connectivity index (χ4n) is 2.16. The molecule has 1 heterocycles. The Balaban J connectivity index is 1.93. The quantitative estimate of drug-likeness (QED) is 0.859. The molecule has 2 aromatic rings. The van der Waals surface area contributed by atoms with Crippen LogP contribution in [0.5, 0.6) is 0 Å². The molecule has 2 rings (SSSR count). The number of nitrogens with one attached hydrogen (secondary N) is 1. The molecule has 20 heavy (non-hydrogen) atoms. The number of benzene rings is 1. The fraction of sp³-hybridized carbons (Fsp3) is 0.312. The number of hydrogen-bond acceptors (Lipinski definition) is 3. The highest BCUT2D eigenvalue weighted by Crippen LogP contribution is 2.17. The number of amides is 1. The molecule has 0 saturated carbocycles. The van der Waals surface area contributed by atoms with Crippen LogP contribution in [0.4, 0.5) is 0 Å². The first-order valence-corrected chi connectivity index (χ1v) is 7.57. The van der Waals surface area contributed by atoms with E-state index in [1.54, 1.807) is 11.3 Å². The van der Waals surface area contributed by atoms with E-state index in [2.05, 4.69) is 5.32 Å². The molecule has 0 aliphatic carbocycles. The van der Waals surface area contributed by atoms with Gasteiger partial charge in [-0.3, -0.25) is 4.79 Å². The Morgan fingerprint density at radius 3 is 2.75 bits per heavy atom. The van der Waals surface area contributed by atoms with Crippen molar-refractivity contribution in [3.63, 3.8) is 0 Å². The molecule has 2 N–H and O–H groups in total. The first-order valence-electron chi connectivity index (χ1n) is 6.69. The number of aliphatic hydroxyl groups excluding tert-OH is 1. The van der Waals surface area contributed by atoms with E-state index >= 15 is 0 Å². The van der Waals surface area contributed by atoms with Gasteiger partial charge in [-0.05, 0) is 35.9 Å². The van der Waals surface area contributed by atoms with E-state index in [9.17, 15) is 9.90 Å². The van der Waals surface area contributed by atoms with Crippen molar-refractivity contribution < 1.29 is 9.90 Å². The zero-order valence-electron chi connectivity index (χ0n) is 11.5. The van der Waals surface area contributed by atoms with Crippen molar-refractivity contribution in [3.05, 3.63) is 57.8 Å². The highest BCUT2D eigenvalue weighted by molar-refractivity contribution is 7.09. The first-order chi connectivity index (χ1) is 9.70. The van der Waals surface area contributed by atoms with Crippen LogP contribution in [0.15, 0.2) is 41.8 Å². The minimum atomic E-state index is -0.327. The van der Waals surface area contributed by atoms with Crippen molar-refractivity contribution >= 4 is 17.2 Å². The van der Waals surface area contributed by atoms with Crippen LogP contribution >= 0.6 is 11.3 Å². The molecule has 1 unspecified atom stereocenters. The SMILES string of the molecule is Cc1ccccc1C(CO)NC(=O)CCc1cccs1. The largest absolute Gasteiger partial charge is 0.394 e. The van der Waals surface area contributed by atoms with E-state index in [1.165, 1.54) is 4.88 Å². The molecule has 1 aromatic heterocycles. The summed E-state index contributed by atoms with van der Waals surface area (Å²) in [7, 11) is 0. The highest BCUT2D eigenvalue weighted by atomic mass is 32.1. The van der Waals surface area contributed by atoms with Crippen molar-refractivity contribution in [2.45, 2.75) is 25.8 Å². The second-order valence-corrected chi connectivity index (χ2v) is 5.77. The van der Waals surface area contributed by atoms with Crippen LogP contribution in [0.2, 0.25) is 0 Å². The Morgan fingerprint density at radius 1 is 1.30 bits per heavy atom. The van der Waals surface area contributed by atoms with Crippen molar-refractivity contribution in [2.75, 3.05) is 6.61 Å². The van der Waals surface area contributed by atoms with Gasteiger partial charge in [-0.2, -0.15) is 0 Å². The lowest BCUT2D eigenvalue weighted by Crippen LogP contribution is -2.31. The van der Waals surface area contributed by atoms with Gasteiger partial charge in [0, 0.05) is 11.3 Å². The summed E-state index contributed by atoms with van der Waals surface area (Å²) in [5.74, 6) is -0.0271. The number of thiophene rings is 1. The van der Waals surface area contributed by atoms with E-state index in [0.29, 0.717) is 6.42 Å². The highest BCUT2D eigenvalue weighted by Gasteiger charge is 2.15. The third-order valence-corrected chi connectivity index (χ3v) is 4.20. The normalized spacial score (nSPS) is 12.1. The first kappa shape index (κ1) is 14.8. The zero-order valence-corrected chi connectivity index (χ0v) is 12.3. The van der Waals surface area contributed by atoms with Crippen molar-refractivity contribution in [3.8, 4) is 0 Å². The van der Waals surface area contributed by atoms with Crippen LogP contribution in [0.3, 0.4) is 0 Å². The second-order valence-electron chi connectivity index (χ2n) is 4.74. The van der Waals surface area contributed by atoms with Crippen molar-refractivity contribution in [2.24, 2.45) is 0 Å². The molecule has 0 radical (unpaired) electrons. The van der Waals surface area contributed by atoms with Crippen LogP contribution in [-0.4, -0.2) is 17.6 Å². The summed E-state index contributed by atoms with van der Waals surface area (Å²) in [4.78, 5) is 13.2. The van der Waals surface area contributed by atoms with E-state index < -0.39 is 0 Å². The standard InChI is InChI=1S/C16H19NO2S/c1-12-5-2-3-7-14(12)15(11-18)17-16(19)9-8-13-6-4-10-20-13/h2-7,10,15,18H,8-9,11H2,1H3,(H,17,19). The van der Waals surface area contributed by atoms with Gasteiger partial charge in [0.15, 0.2) is 0 Å². The van der Waals surface area contributed by atoms with Crippen molar-refractivity contribution in [1.82, 2.24) is 5.32 Å². The third-order valence-electron chi connectivity index (χ3n) is 3.26. The maximum atomic E-state index is 12.0. The number of hydrogen-bond donors (Lipinski definition) is 2. The predicted molar refractivity (Wildman–Crippen MR) is 81.8 cm³/mol. The van der Waals surface area contributed by atoms with E-state index in [0.717, 1.165) is 17.5 Å². The molecule has 4 heteroatoms. The molecule has 1 amide bonds. The molecule has 106 valence electrons. The molecular formula is C16H19NO2S. The molecule has 0 aliphatic heterocycles. The minimum absolute atomic E-state index is 0.0271. The van der Waals surface area contributed by atoms with Gasteiger partial charge in [0.05, 0.1) is 12.6 Å². The average molecular weight is 289 g/mol. The van der Waals surface area contributed by atoms with Gasteiger partial charge < -0.3 is 10.4 Å². The Labute approximate surface area is 123 Å². The van der Waals surface area contributed by atoms with Crippen LogP contribution in [0.25, 0.3) is 0 Å². The average Bonchev–Trinajstić information content (AvgIpc) is 2.97. The second kappa shape index (κ2) is 7.22. The molecular weight excluding hydrogens is 270 g/mol. The van der Waals surface area contributed by atoms with Gasteiger partial charge in [-0.1, -0.05) is 30.3 Å². The monoisotopic (exact) mass is 289 g/mol. The number of rotatable bonds is 6. The summed E-state index contributed by atoms with van der Waals surface area (Å²) < 4.78 is 0. The van der Waals surface area contributed by atoms with E-state index in [1.807, 2.05) is 48.7 Å². The van der Waals surface area contributed by atoms with Gasteiger partial charge in [-0.15, -0.1) is 11.3 Å². The lowest BCUT2D eigenvalue weighted by molar-refractivity contribution is -0.122. The summed E-state index contributed by atoms with van der Waals surface area (Å²) in [6, 6.07) is 11.5. The molecule has 0 aliphatic rings. The van der Waals surface area contributed by atoms with Crippen LogP contribution in [0, 0.1) is 6.92 Å². The summed E-state index contributed by atoms with van der Waals surface area (Å²) >= 11 is 1.66. The Bertz CT molecular complexity index is 551. The van der Waals surface area contributed by atoms with Crippen LogP contribution in [-0.2, 0) is 11.2 Å². The van der Waals surface area contributed by atoms with Gasteiger partial charge >= 0.3 is 0 Å². The molecule has 0 spiro atoms. The van der Waals surface area contributed by atoms with Crippen molar-refractivity contribution in [1.29, 1.82) is 0 Å². The predicted octanol–water partition coefficient (Wildman–Crippen LogP) is 2.84. The molecule has 0 bridgehead atoms. The lowest BCUT2D eigenvalue weighted by Gasteiger charge is -2.18. The number of carbonyl (C=O) groups excluding carboxylic acids is 1. The van der Waals surface area contributed by atoms with E-state index in [-0.39, 0.29) is 18.6 Å². The Kier molecular flexibility index (Phi) is 5.32. The third kappa shape index (κ3) is 3.92. The molecule has 3 nitrogen and oxygen atoms in total. The summed E-state index contributed by atoms with van der Waals surface area (Å²) in [6.45, 7) is 1.89. The van der Waals surface area contributed by atoms with Gasteiger partial charge in [0.25, 0.3) is 0 Å². The minimum Gasteiger partial charge on any atom is -0.394 e. The molecule has 0 fully saturated rings. The summed E-state index contributed by atoms with van der Waals surface area (Å²) in [5, 5.41) is 14.4. The van der Waals surface area contributed by atoms with Gasteiger partial charge in [0.1, 0.15) is 0 Å². The Morgan fingerprint density at radius 2 is 2.10 bits per heavy atom. The number of aryl methyl sites for hydroxylation is 2. The maximum absolute atomic E-state index is 12.0. The number of aliphatic hydroxyl groups is 1. The summed E-state index contributed by atoms with van der Waals surface area (Å²) in [5.41, 5.74) is 2.05. The summed E-state index contributed by atoms with van der Waals surface area (Å²) in [6.07, 6.45) is 1.19. The van der Waals surface area contributed by atoms with Crippen LogP contribution in [0.1, 0.15) is 28.5 Å². The maximum Gasteiger partial charge on any atom is 0.220 e. The van der Waals surface area contributed by atoms with Gasteiger partial charge in [-0.25, -0.2) is 0 Å². The smallest absolute Gasteiger partial charge is 0.220 e. The topological polar surface area (TPSA) is 49.3 Å². The Hall–Kier alpha value is -1.65.